The van der Waals surface area contributed by atoms with Gasteiger partial charge in [0.05, 0.1) is 11.0 Å². The van der Waals surface area contributed by atoms with Gasteiger partial charge in [-0.3, -0.25) is 9.13 Å². The van der Waals surface area contributed by atoms with Crippen molar-refractivity contribution >= 4 is 27.0 Å². The average Bonchev–Trinajstić information content (AvgIpc) is 2.61. The van der Waals surface area contributed by atoms with Crippen LogP contribution in [0, 0.1) is 12.8 Å². The van der Waals surface area contributed by atoms with Gasteiger partial charge < -0.3 is 0 Å². The van der Waals surface area contributed by atoms with Gasteiger partial charge in [0.25, 0.3) is 0 Å². The second kappa shape index (κ2) is 5.06. The first-order chi connectivity index (χ1) is 9.49. The molecule has 4 heteroatoms. The molecular weight excluding hydrogens is 316 g/mol. The molecule has 0 amide bonds. The van der Waals surface area contributed by atoms with Crippen LogP contribution in [-0.2, 0) is 7.05 Å². The van der Waals surface area contributed by atoms with Crippen molar-refractivity contribution < 1.29 is 0 Å². The Morgan fingerprint density at radius 2 is 2.05 bits per heavy atom. The molecule has 0 saturated heterocycles. The normalized spacial score (nSPS) is 23.4. The van der Waals surface area contributed by atoms with E-state index in [1.54, 1.807) is 4.57 Å². The van der Waals surface area contributed by atoms with Crippen LogP contribution in [0.3, 0.4) is 0 Å². The first-order valence-electron chi connectivity index (χ1n) is 7.36. The minimum absolute atomic E-state index is 0.116. The van der Waals surface area contributed by atoms with Gasteiger partial charge in [0.15, 0.2) is 0 Å². The molecule has 2 atom stereocenters. The molecule has 0 aliphatic heterocycles. The van der Waals surface area contributed by atoms with Gasteiger partial charge in [0.1, 0.15) is 0 Å². The predicted octanol–water partition coefficient (Wildman–Crippen LogP) is 4.16. The summed E-state index contributed by atoms with van der Waals surface area (Å²) in [5, 5.41) is 0. The first kappa shape index (κ1) is 13.9. The number of benzene rings is 1. The Kier molecular flexibility index (Phi) is 3.53. The number of hydrogen-bond acceptors (Lipinski definition) is 1. The van der Waals surface area contributed by atoms with Crippen LogP contribution in [0.15, 0.2) is 21.4 Å². The Morgan fingerprint density at radius 3 is 2.75 bits per heavy atom. The lowest BCUT2D eigenvalue weighted by molar-refractivity contribution is 0.281. The van der Waals surface area contributed by atoms with Crippen LogP contribution >= 0.6 is 15.9 Å². The Labute approximate surface area is 127 Å². The molecule has 3 nitrogen and oxygen atoms in total. The number of aromatic nitrogens is 2. The van der Waals surface area contributed by atoms with Crippen LogP contribution < -0.4 is 5.69 Å². The van der Waals surface area contributed by atoms with Gasteiger partial charge in [-0.25, -0.2) is 4.79 Å². The minimum Gasteiger partial charge on any atom is -0.294 e. The molecule has 20 heavy (non-hydrogen) atoms. The summed E-state index contributed by atoms with van der Waals surface area (Å²) in [6.07, 6.45) is 4.75. The minimum atomic E-state index is 0.116. The molecule has 1 saturated carbocycles. The van der Waals surface area contributed by atoms with Crippen molar-refractivity contribution in [2.24, 2.45) is 13.0 Å². The number of aryl methyl sites for hydroxylation is 2. The van der Waals surface area contributed by atoms with Crippen molar-refractivity contribution in [3.8, 4) is 0 Å². The molecule has 1 aromatic carbocycles. The molecule has 1 aliphatic carbocycles. The summed E-state index contributed by atoms with van der Waals surface area (Å²) in [6.45, 7) is 4.37. The van der Waals surface area contributed by atoms with E-state index in [2.05, 4.69) is 41.9 Å². The zero-order valence-electron chi connectivity index (χ0n) is 12.3. The number of hydrogen-bond donors (Lipinski definition) is 0. The maximum atomic E-state index is 12.7. The van der Waals surface area contributed by atoms with E-state index in [0.29, 0.717) is 12.0 Å². The summed E-state index contributed by atoms with van der Waals surface area (Å²) in [7, 11) is 1.87. The van der Waals surface area contributed by atoms with Gasteiger partial charge in [-0.2, -0.15) is 0 Å². The molecule has 1 heterocycles. The summed E-state index contributed by atoms with van der Waals surface area (Å²) in [4.78, 5) is 12.7. The smallest absolute Gasteiger partial charge is 0.294 e. The van der Waals surface area contributed by atoms with E-state index in [4.69, 9.17) is 0 Å². The quantitative estimate of drug-likeness (QED) is 0.767. The van der Waals surface area contributed by atoms with E-state index < -0.39 is 0 Å². The highest BCUT2D eigenvalue weighted by molar-refractivity contribution is 9.10. The van der Waals surface area contributed by atoms with Crippen molar-refractivity contribution in [2.75, 3.05) is 0 Å². The Balaban J connectivity index is 2.25. The van der Waals surface area contributed by atoms with E-state index in [0.717, 1.165) is 28.3 Å². The maximum absolute atomic E-state index is 12.7. The summed E-state index contributed by atoms with van der Waals surface area (Å²) >= 11 is 3.61. The number of nitrogens with zero attached hydrogens (tertiary/aromatic N) is 2. The fourth-order valence-corrected chi connectivity index (χ4v) is 4.41. The van der Waals surface area contributed by atoms with Gasteiger partial charge in [-0.1, -0.05) is 19.8 Å². The van der Waals surface area contributed by atoms with Crippen molar-refractivity contribution in [2.45, 2.75) is 45.6 Å². The third-order valence-electron chi connectivity index (χ3n) is 4.55. The molecule has 1 unspecified atom stereocenters. The molecular formula is C16H21BrN2O. The lowest BCUT2D eigenvalue weighted by Gasteiger charge is -2.27. The van der Waals surface area contributed by atoms with Crippen LogP contribution in [0.5, 0.6) is 0 Å². The summed E-state index contributed by atoms with van der Waals surface area (Å²) in [6, 6.07) is 4.57. The molecule has 0 radical (unpaired) electrons. The Hall–Kier alpha value is -1.03. The highest BCUT2D eigenvalue weighted by Gasteiger charge is 2.25. The standard InChI is InChI=1S/C16H21BrN2O/c1-10-5-4-6-12(7-10)19-14-9-11(2)8-13(17)15(14)18(3)16(19)20/h8-10,12H,4-7H2,1-3H3/t10-,12?/m0/s1. The Morgan fingerprint density at radius 1 is 1.30 bits per heavy atom. The van der Waals surface area contributed by atoms with E-state index in [1.165, 1.54) is 18.4 Å². The first-order valence-corrected chi connectivity index (χ1v) is 8.15. The second-order valence-corrected chi connectivity index (χ2v) is 7.11. The number of halogens is 1. The number of fused-ring (bicyclic) bond motifs is 1. The lowest BCUT2D eigenvalue weighted by Crippen LogP contribution is -2.29. The molecule has 1 aliphatic rings. The van der Waals surface area contributed by atoms with Gasteiger partial charge in [-0.15, -0.1) is 0 Å². The molecule has 108 valence electrons. The fourth-order valence-electron chi connectivity index (χ4n) is 3.58. The molecule has 0 bridgehead atoms. The van der Waals surface area contributed by atoms with Crippen LogP contribution in [0.1, 0.15) is 44.2 Å². The van der Waals surface area contributed by atoms with Crippen molar-refractivity contribution in [3.63, 3.8) is 0 Å². The zero-order chi connectivity index (χ0) is 14.4. The highest BCUT2D eigenvalue weighted by Crippen LogP contribution is 2.34. The summed E-state index contributed by atoms with van der Waals surface area (Å²) < 4.78 is 4.82. The predicted molar refractivity (Wildman–Crippen MR) is 86.3 cm³/mol. The van der Waals surface area contributed by atoms with E-state index in [9.17, 15) is 4.79 Å². The molecule has 1 aromatic heterocycles. The Bertz CT molecular complexity index is 713. The van der Waals surface area contributed by atoms with Gasteiger partial charge in [-0.05, 0) is 59.3 Å². The number of rotatable bonds is 1. The maximum Gasteiger partial charge on any atom is 0.329 e. The van der Waals surface area contributed by atoms with Crippen molar-refractivity contribution in [1.29, 1.82) is 0 Å². The monoisotopic (exact) mass is 336 g/mol. The van der Waals surface area contributed by atoms with E-state index >= 15 is 0 Å². The van der Waals surface area contributed by atoms with Crippen molar-refractivity contribution in [1.82, 2.24) is 9.13 Å². The second-order valence-electron chi connectivity index (χ2n) is 6.25. The average molecular weight is 337 g/mol. The molecule has 0 N–H and O–H groups in total. The molecule has 3 rings (SSSR count). The fraction of sp³-hybridized carbons (Fsp3) is 0.562. The van der Waals surface area contributed by atoms with Crippen LogP contribution in [-0.4, -0.2) is 9.13 Å². The number of imidazole rings is 1. The van der Waals surface area contributed by atoms with E-state index in [-0.39, 0.29) is 5.69 Å². The van der Waals surface area contributed by atoms with Crippen LogP contribution in [0.2, 0.25) is 0 Å². The van der Waals surface area contributed by atoms with Crippen LogP contribution in [0.4, 0.5) is 0 Å². The summed E-state index contributed by atoms with van der Waals surface area (Å²) in [5.74, 6) is 0.712. The zero-order valence-corrected chi connectivity index (χ0v) is 13.9. The lowest BCUT2D eigenvalue weighted by atomic mass is 9.87. The van der Waals surface area contributed by atoms with Gasteiger partial charge >= 0.3 is 5.69 Å². The van der Waals surface area contributed by atoms with Gasteiger partial charge in [0.2, 0.25) is 0 Å². The summed E-state index contributed by atoms with van der Waals surface area (Å²) in [5.41, 5.74) is 3.39. The third-order valence-corrected chi connectivity index (χ3v) is 5.15. The largest absolute Gasteiger partial charge is 0.329 e. The molecule has 1 fully saturated rings. The third kappa shape index (κ3) is 2.14. The van der Waals surface area contributed by atoms with Crippen LogP contribution in [0.25, 0.3) is 11.0 Å². The molecule has 2 aromatic rings. The van der Waals surface area contributed by atoms with Crippen molar-refractivity contribution in [3.05, 3.63) is 32.7 Å². The van der Waals surface area contributed by atoms with Gasteiger partial charge in [0, 0.05) is 17.6 Å². The molecule has 0 spiro atoms. The SMILES string of the molecule is Cc1cc(Br)c2c(c1)n(C1CCC[C@H](C)C1)c(=O)n2C. The van der Waals surface area contributed by atoms with E-state index in [1.807, 2.05) is 11.6 Å². The highest BCUT2D eigenvalue weighted by atomic mass is 79.9. The topological polar surface area (TPSA) is 26.9 Å².